The Morgan fingerprint density at radius 1 is 1.19 bits per heavy atom. The van der Waals surface area contributed by atoms with E-state index >= 15 is 0 Å². The van der Waals surface area contributed by atoms with Crippen LogP contribution >= 0.6 is 23.2 Å². The summed E-state index contributed by atoms with van der Waals surface area (Å²) in [5, 5.41) is 3.92. The molecule has 0 spiro atoms. The van der Waals surface area contributed by atoms with Gasteiger partial charge in [0.25, 0.3) is 0 Å². The maximum absolute atomic E-state index is 12.7. The number of nitrogens with zero attached hydrogens (tertiary/aromatic N) is 2. The van der Waals surface area contributed by atoms with Gasteiger partial charge in [0, 0.05) is 22.6 Å². The minimum absolute atomic E-state index is 0.142. The highest BCUT2D eigenvalue weighted by Crippen LogP contribution is 2.37. The highest BCUT2D eigenvalue weighted by Gasteiger charge is 2.32. The second-order valence-electron chi connectivity index (χ2n) is 4.56. The Morgan fingerprint density at radius 3 is 2.33 bits per heavy atom. The molecule has 0 amide bonds. The molecule has 1 unspecified atom stereocenters. The Morgan fingerprint density at radius 2 is 1.81 bits per heavy atom. The molecule has 1 aliphatic heterocycles. The first-order chi connectivity index (χ1) is 9.75. The fourth-order valence-electron chi connectivity index (χ4n) is 2.13. The lowest BCUT2D eigenvalue weighted by atomic mass is 10.2. The van der Waals surface area contributed by atoms with Crippen LogP contribution in [-0.2, 0) is 28.5 Å². The lowest BCUT2D eigenvalue weighted by Gasteiger charge is -2.12. The minimum Gasteiger partial charge on any atom is -0.259 e. The molecule has 1 aromatic carbocycles. The predicted octanol–water partition coefficient (Wildman–Crippen LogP) is 3.96. The Bertz CT molecular complexity index is 709. The van der Waals surface area contributed by atoms with E-state index in [1.807, 2.05) is 0 Å². The molecule has 0 bridgehead atoms. The van der Waals surface area contributed by atoms with Crippen molar-refractivity contribution in [2.45, 2.75) is 17.7 Å². The molecular formula is C12H7Cl2F3N2OS. The first kappa shape index (κ1) is 14.9. The number of halogens is 5. The first-order valence-electron chi connectivity index (χ1n) is 5.74. The van der Waals surface area contributed by atoms with Crippen molar-refractivity contribution in [2.24, 2.45) is 0 Å². The molecule has 21 heavy (non-hydrogen) atoms. The number of aromatic nitrogens is 2. The molecule has 2 heterocycles. The van der Waals surface area contributed by atoms with E-state index in [-0.39, 0.29) is 15.7 Å². The second kappa shape index (κ2) is 5.00. The van der Waals surface area contributed by atoms with Crippen LogP contribution in [0.2, 0.25) is 10.0 Å². The molecule has 0 aliphatic carbocycles. The first-order valence-corrected chi connectivity index (χ1v) is 7.99. The van der Waals surface area contributed by atoms with Crippen molar-refractivity contribution in [1.29, 1.82) is 0 Å². The molecule has 0 radical (unpaired) electrons. The van der Waals surface area contributed by atoms with Crippen molar-refractivity contribution in [3.05, 3.63) is 45.2 Å². The smallest absolute Gasteiger partial charge is 0.259 e. The van der Waals surface area contributed by atoms with Gasteiger partial charge in [0.15, 0.2) is 0 Å². The molecule has 112 valence electrons. The summed E-state index contributed by atoms with van der Waals surface area (Å²) in [5.41, 5.74) is 0.717. The largest absolute Gasteiger partial charge is 0.416 e. The lowest BCUT2D eigenvalue weighted by molar-refractivity contribution is -0.137. The van der Waals surface area contributed by atoms with Crippen molar-refractivity contribution in [3.8, 4) is 5.69 Å². The van der Waals surface area contributed by atoms with Crippen molar-refractivity contribution in [1.82, 2.24) is 9.78 Å². The average molecular weight is 355 g/mol. The quantitative estimate of drug-likeness (QED) is 0.776. The van der Waals surface area contributed by atoms with E-state index in [1.54, 1.807) is 6.20 Å². The van der Waals surface area contributed by atoms with Crippen LogP contribution in [0, 0.1) is 0 Å². The van der Waals surface area contributed by atoms with Gasteiger partial charge in [-0.15, -0.1) is 0 Å². The number of alkyl halides is 3. The van der Waals surface area contributed by atoms with E-state index in [1.165, 1.54) is 4.68 Å². The predicted molar refractivity (Wildman–Crippen MR) is 74.1 cm³/mol. The molecule has 2 aromatic rings. The zero-order valence-corrected chi connectivity index (χ0v) is 12.6. The molecule has 0 saturated carbocycles. The highest BCUT2D eigenvalue weighted by atomic mass is 35.5. The lowest BCUT2D eigenvalue weighted by Crippen LogP contribution is -2.07. The van der Waals surface area contributed by atoms with Crippen LogP contribution in [-0.4, -0.2) is 14.0 Å². The molecule has 1 aromatic heterocycles. The SMILES string of the molecule is O=S1Cc2cn(-c3c(Cl)cc(C(F)(F)F)cc3Cl)nc2C1. The van der Waals surface area contributed by atoms with E-state index in [9.17, 15) is 17.4 Å². The van der Waals surface area contributed by atoms with Crippen molar-refractivity contribution in [2.75, 3.05) is 0 Å². The molecule has 1 aliphatic rings. The summed E-state index contributed by atoms with van der Waals surface area (Å²) in [6, 6.07) is 1.63. The number of rotatable bonds is 1. The van der Waals surface area contributed by atoms with Crippen LogP contribution in [0.3, 0.4) is 0 Å². The second-order valence-corrected chi connectivity index (χ2v) is 6.83. The number of hydrogen-bond acceptors (Lipinski definition) is 2. The van der Waals surface area contributed by atoms with Gasteiger partial charge in [-0.3, -0.25) is 4.21 Å². The average Bonchev–Trinajstić information content (AvgIpc) is 2.83. The van der Waals surface area contributed by atoms with Crippen LogP contribution < -0.4 is 0 Å². The fourth-order valence-corrected chi connectivity index (χ4v) is 4.03. The van der Waals surface area contributed by atoms with Crippen LogP contribution in [0.4, 0.5) is 13.2 Å². The summed E-state index contributed by atoms with van der Waals surface area (Å²) < 4.78 is 50.8. The van der Waals surface area contributed by atoms with Gasteiger partial charge in [-0.25, -0.2) is 4.68 Å². The van der Waals surface area contributed by atoms with E-state index in [0.29, 0.717) is 17.2 Å². The molecule has 0 N–H and O–H groups in total. The van der Waals surface area contributed by atoms with Crippen LogP contribution in [0.15, 0.2) is 18.3 Å². The maximum Gasteiger partial charge on any atom is 0.416 e. The Labute approximate surface area is 130 Å². The minimum atomic E-state index is -4.52. The van der Waals surface area contributed by atoms with Crippen LogP contribution in [0.5, 0.6) is 0 Å². The molecule has 0 saturated heterocycles. The Hall–Kier alpha value is -1.05. The van der Waals surface area contributed by atoms with E-state index in [2.05, 4.69) is 5.10 Å². The molecule has 0 fully saturated rings. The zero-order chi connectivity index (χ0) is 15.4. The van der Waals surface area contributed by atoms with Crippen molar-refractivity contribution >= 4 is 34.0 Å². The molecule has 9 heteroatoms. The standard InChI is InChI=1S/C12H7Cl2F3N2OS/c13-8-1-7(12(15,16)17)2-9(14)11(8)19-3-6-4-21(20)5-10(6)18-19/h1-3H,4-5H2. The molecule has 3 rings (SSSR count). The van der Waals surface area contributed by atoms with Crippen molar-refractivity contribution in [3.63, 3.8) is 0 Å². The number of benzene rings is 1. The van der Waals surface area contributed by atoms with Gasteiger partial charge in [0.2, 0.25) is 0 Å². The van der Waals surface area contributed by atoms with Gasteiger partial charge < -0.3 is 0 Å². The van der Waals surface area contributed by atoms with Gasteiger partial charge >= 0.3 is 6.18 Å². The normalized spacial score (nSPS) is 18.0. The van der Waals surface area contributed by atoms with E-state index in [4.69, 9.17) is 23.2 Å². The topological polar surface area (TPSA) is 34.9 Å². The maximum atomic E-state index is 12.7. The van der Waals surface area contributed by atoms with Gasteiger partial charge in [-0.05, 0) is 12.1 Å². The summed E-state index contributed by atoms with van der Waals surface area (Å²) in [6.45, 7) is 0. The Kier molecular flexibility index (Phi) is 3.54. The molecule has 3 nitrogen and oxygen atoms in total. The third-order valence-electron chi connectivity index (χ3n) is 3.06. The summed E-state index contributed by atoms with van der Waals surface area (Å²) in [7, 11) is -0.970. The van der Waals surface area contributed by atoms with Gasteiger partial charge in [0.1, 0.15) is 5.69 Å². The summed E-state index contributed by atoms with van der Waals surface area (Å²) in [4.78, 5) is 0. The Balaban J connectivity index is 2.08. The van der Waals surface area contributed by atoms with Crippen LogP contribution in [0.25, 0.3) is 5.69 Å². The fraction of sp³-hybridized carbons (Fsp3) is 0.250. The number of fused-ring (bicyclic) bond motifs is 1. The summed E-state index contributed by atoms with van der Waals surface area (Å²) >= 11 is 11.8. The van der Waals surface area contributed by atoms with Crippen LogP contribution in [0.1, 0.15) is 16.8 Å². The third kappa shape index (κ3) is 2.69. The van der Waals surface area contributed by atoms with Crippen molar-refractivity contribution < 1.29 is 17.4 Å². The monoisotopic (exact) mass is 354 g/mol. The molecule has 1 atom stereocenters. The number of hydrogen-bond donors (Lipinski definition) is 0. The van der Waals surface area contributed by atoms with Gasteiger partial charge in [0.05, 0.1) is 32.8 Å². The van der Waals surface area contributed by atoms with E-state index in [0.717, 1.165) is 17.7 Å². The highest BCUT2D eigenvalue weighted by molar-refractivity contribution is 7.83. The summed E-state index contributed by atoms with van der Waals surface area (Å²) in [5.74, 6) is 0.712. The zero-order valence-electron chi connectivity index (χ0n) is 10.2. The molecular weight excluding hydrogens is 348 g/mol. The van der Waals surface area contributed by atoms with E-state index < -0.39 is 22.5 Å². The van der Waals surface area contributed by atoms with Gasteiger partial charge in [-0.2, -0.15) is 18.3 Å². The van der Waals surface area contributed by atoms with Gasteiger partial charge in [-0.1, -0.05) is 23.2 Å². The third-order valence-corrected chi connectivity index (χ3v) is 4.87. The summed E-state index contributed by atoms with van der Waals surface area (Å²) in [6.07, 6.45) is -2.92.